The molecule has 0 aliphatic carbocycles. The van der Waals surface area contributed by atoms with Crippen molar-refractivity contribution in [1.82, 2.24) is 5.32 Å². The predicted molar refractivity (Wildman–Crippen MR) is 94.7 cm³/mol. The average Bonchev–Trinajstić information content (AvgIpc) is 3.23. The fraction of sp³-hybridized carbons (Fsp3) is 0.312. The van der Waals surface area contributed by atoms with Gasteiger partial charge in [-0.2, -0.15) is 0 Å². The van der Waals surface area contributed by atoms with Gasteiger partial charge in [-0.05, 0) is 23.6 Å². The molecule has 0 saturated heterocycles. The summed E-state index contributed by atoms with van der Waals surface area (Å²) in [6.45, 7) is 0. The molecular weight excluding hydrogens is 370 g/mol. The van der Waals surface area contributed by atoms with Crippen molar-refractivity contribution in [3.63, 3.8) is 0 Å². The van der Waals surface area contributed by atoms with E-state index in [0.717, 1.165) is 4.88 Å². The van der Waals surface area contributed by atoms with Gasteiger partial charge in [0.25, 0.3) is 0 Å². The molecule has 1 amide bonds. The lowest BCUT2D eigenvalue weighted by molar-refractivity contribution is -0.141. The van der Waals surface area contributed by atoms with Crippen LogP contribution in [0.5, 0.6) is 0 Å². The molecule has 2 heterocycles. The lowest BCUT2D eigenvalue weighted by Gasteiger charge is -2.16. The minimum atomic E-state index is -0.448. The first-order chi connectivity index (χ1) is 11.5. The average molecular weight is 386 g/mol. The minimum Gasteiger partial charge on any atom is -0.469 e. The summed E-state index contributed by atoms with van der Waals surface area (Å²) < 4.78 is 5.21. The van der Waals surface area contributed by atoms with Gasteiger partial charge in [0, 0.05) is 17.7 Å². The first kappa shape index (κ1) is 18.6. The molecule has 0 aliphatic rings. The maximum atomic E-state index is 12.1. The molecule has 2 aromatic rings. The summed E-state index contributed by atoms with van der Waals surface area (Å²) in [5, 5.41) is 4.66. The molecule has 1 unspecified atom stereocenters. The first-order valence-electron chi connectivity index (χ1n) is 7.17. The smallest absolute Gasteiger partial charge is 0.307 e. The number of halogens is 1. The number of carbonyl (C=O) groups excluding carboxylic acids is 3. The normalized spacial score (nSPS) is 11.8. The molecule has 1 atom stereocenters. The van der Waals surface area contributed by atoms with Crippen molar-refractivity contribution in [2.45, 2.75) is 25.3 Å². The third-order valence-corrected chi connectivity index (χ3v) is 5.51. The van der Waals surface area contributed by atoms with Crippen LogP contribution in [0.1, 0.15) is 39.9 Å². The van der Waals surface area contributed by atoms with Crippen molar-refractivity contribution in [3.8, 4) is 0 Å². The van der Waals surface area contributed by atoms with E-state index in [1.807, 2.05) is 17.5 Å². The van der Waals surface area contributed by atoms with E-state index in [1.165, 1.54) is 29.8 Å². The summed E-state index contributed by atoms with van der Waals surface area (Å²) in [5.41, 5.74) is 0. The maximum absolute atomic E-state index is 12.1. The van der Waals surface area contributed by atoms with Gasteiger partial charge in [0.15, 0.2) is 5.78 Å². The van der Waals surface area contributed by atoms with E-state index in [9.17, 15) is 14.4 Å². The molecule has 0 fully saturated rings. The molecule has 0 aliphatic heterocycles. The fourth-order valence-corrected chi connectivity index (χ4v) is 3.83. The van der Waals surface area contributed by atoms with E-state index >= 15 is 0 Å². The van der Waals surface area contributed by atoms with Gasteiger partial charge in [0.1, 0.15) is 0 Å². The van der Waals surface area contributed by atoms with Crippen molar-refractivity contribution in [3.05, 3.63) is 43.7 Å². The first-order valence-corrected chi connectivity index (χ1v) is 9.25. The van der Waals surface area contributed by atoms with Gasteiger partial charge in [-0.15, -0.1) is 22.7 Å². The van der Waals surface area contributed by atoms with E-state index < -0.39 is 12.0 Å². The van der Waals surface area contributed by atoms with Crippen LogP contribution in [0.2, 0.25) is 4.34 Å². The molecule has 0 bridgehead atoms. The lowest BCUT2D eigenvalue weighted by atomic mass is 10.1. The summed E-state index contributed by atoms with van der Waals surface area (Å²) in [6.07, 6.45) is 0.201. The Balaban J connectivity index is 1.90. The van der Waals surface area contributed by atoms with Crippen LogP contribution in [0.15, 0.2) is 29.6 Å². The second-order valence-electron chi connectivity index (χ2n) is 4.94. The van der Waals surface area contributed by atoms with Crippen molar-refractivity contribution in [1.29, 1.82) is 0 Å². The van der Waals surface area contributed by atoms with Crippen LogP contribution in [0, 0.1) is 0 Å². The van der Waals surface area contributed by atoms with Crippen molar-refractivity contribution >= 4 is 51.9 Å². The standard InChI is InChI=1S/C16H16ClNO4S2/c1-22-16(21)9-10(12-3-2-8-23-12)18-15(20)7-4-11(19)13-5-6-14(17)24-13/h2-3,5-6,8,10H,4,7,9H2,1H3,(H,18,20). The molecule has 128 valence electrons. The SMILES string of the molecule is COC(=O)CC(NC(=O)CCC(=O)c1ccc(Cl)s1)c1cccs1. The van der Waals surface area contributed by atoms with Crippen LogP contribution in [0.3, 0.4) is 0 Å². The van der Waals surface area contributed by atoms with Crippen LogP contribution >= 0.6 is 34.3 Å². The minimum absolute atomic E-state index is 0.0528. The molecule has 0 aromatic carbocycles. The van der Waals surface area contributed by atoms with E-state index in [0.29, 0.717) is 9.21 Å². The van der Waals surface area contributed by atoms with E-state index in [1.54, 1.807) is 12.1 Å². The van der Waals surface area contributed by atoms with Crippen LogP contribution in [0.4, 0.5) is 0 Å². The number of ether oxygens (including phenoxy) is 1. The maximum Gasteiger partial charge on any atom is 0.307 e. The quantitative estimate of drug-likeness (QED) is 0.553. The van der Waals surface area contributed by atoms with E-state index in [4.69, 9.17) is 11.6 Å². The van der Waals surface area contributed by atoms with E-state index in [2.05, 4.69) is 10.1 Å². The van der Waals surface area contributed by atoms with Crippen molar-refractivity contribution in [2.75, 3.05) is 7.11 Å². The molecule has 5 nitrogen and oxygen atoms in total. The Labute approximate surface area is 152 Å². The van der Waals surface area contributed by atoms with Crippen LogP contribution < -0.4 is 5.32 Å². The Hall–Kier alpha value is -1.70. The predicted octanol–water partition coefficient (Wildman–Crippen LogP) is 3.85. The number of carbonyl (C=O) groups is 3. The Morgan fingerprint density at radius 2 is 2.04 bits per heavy atom. The zero-order valence-electron chi connectivity index (χ0n) is 12.9. The zero-order valence-corrected chi connectivity index (χ0v) is 15.3. The number of esters is 1. The van der Waals surface area contributed by atoms with Crippen molar-refractivity contribution in [2.24, 2.45) is 0 Å². The molecule has 0 radical (unpaired) electrons. The largest absolute Gasteiger partial charge is 0.469 e. The number of rotatable bonds is 8. The number of Topliss-reactive ketones (excluding diaryl/α,β-unsaturated/α-hetero) is 1. The molecular formula is C16H16ClNO4S2. The summed E-state index contributed by atoms with van der Waals surface area (Å²) in [6, 6.07) is 6.55. The number of hydrogen-bond donors (Lipinski definition) is 1. The molecule has 2 rings (SSSR count). The molecule has 8 heteroatoms. The second kappa shape index (κ2) is 8.96. The monoisotopic (exact) mass is 385 g/mol. The third kappa shape index (κ3) is 5.43. The lowest BCUT2D eigenvalue weighted by Crippen LogP contribution is -2.30. The molecule has 2 aromatic heterocycles. The highest BCUT2D eigenvalue weighted by atomic mass is 35.5. The topological polar surface area (TPSA) is 72.5 Å². The summed E-state index contributed by atoms with van der Waals surface area (Å²) in [7, 11) is 1.31. The fourth-order valence-electron chi connectivity index (χ4n) is 2.04. The molecule has 1 N–H and O–H groups in total. The Kier molecular flexibility index (Phi) is 6.96. The van der Waals surface area contributed by atoms with Gasteiger partial charge in [0.05, 0.1) is 28.8 Å². The molecule has 0 spiro atoms. The van der Waals surface area contributed by atoms with Gasteiger partial charge in [-0.1, -0.05) is 17.7 Å². The molecule has 0 saturated carbocycles. The number of nitrogens with one attached hydrogen (secondary N) is 1. The van der Waals surface area contributed by atoms with Gasteiger partial charge < -0.3 is 10.1 Å². The Morgan fingerprint density at radius 3 is 2.62 bits per heavy atom. The highest BCUT2D eigenvalue weighted by Crippen LogP contribution is 2.24. The number of amides is 1. The number of methoxy groups -OCH3 is 1. The third-order valence-electron chi connectivity index (χ3n) is 3.25. The van der Waals surface area contributed by atoms with Crippen LogP contribution in [-0.4, -0.2) is 24.8 Å². The number of thiophene rings is 2. The Bertz CT molecular complexity index is 711. The van der Waals surface area contributed by atoms with Gasteiger partial charge in [-0.25, -0.2) is 0 Å². The van der Waals surface area contributed by atoms with Crippen molar-refractivity contribution < 1.29 is 19.1 Å². The summed E-state index contributed by atoms with van der Waals surface area (Å²) >= 11 is 8.44. The number of hydrogen-bond acceptors (Lipinski definition) is 6. The highest BCUT2D eigenvalue weighted by Gasteiger charge is 2.20. The van der Waals surface area contributed by atoms with Crippen LogP contribution in [0.25, 0.3) is 0 Å². The van der Waals surface area contributed by atoms with Gasteiger partial charge >= 0.3 is 5.97 Å². The van der Waals surface area contributed by atoms with E-state index in [-0.39, 0.29) is 31.0 Å². The van der Waals surface area contributed by atoms with Crippen LogP contribution in [-0.2, 0) is 14.3 Å². The van der Waals surface area contributed by atoms with Gasteiger partial charge in [-0.3, -0.25) is 14.4 Å². The second-order valence-corrected chi connectivity index (χ2v) is 7.64. The number of ketones is 1. The molecule has 24 heavy (non-hydrogen) atoms. The summed E-state index contributed by atoms with van der Waals surface area (Å²) in [5.74, 6) is -0.811. The zero-order chi connectivity index (χ0) is 17.5. The van der Waals surface area contributed by atoms with Gasteiger partial charge in [0.2, 0.25) is 5.91 Å². The Morgan fingerprint density at radius 1 is 1.25 bits per heavy atom. The highest BCUT2D eigenvalue weighted by molar-refractivity contribution is 7.18. The summed E-state index contributed by atoms with van der Waals surface area (Å²) in [4.78, 5) is 37.0.